The van der Waals surface area contributed by atoms with Crippen molar-refractivity contribution in [2.45, 2.75) is 37.5 Å². The molecule has 3 fully saturated rings. The number of likely N-dealkylation sites (tertiary alicyclic amines) is 1. The van der Waals surface area contributed by atoms with E-state index in [1.165, 1.54) is 24.1 Å². The summed E-state index contributed by atoms with van der Waals surface area (Å²) in [6.07, 6.45) is 2.95. The molecule has 3 aromatic carbocycles. The summed E-state index contributed by atoms with van der Waals surface area (Å²) in [5, 5.41) is 13.3. The molecular formula is C36H32Cl3N3O6. The predicted octanol–water partition coefficient (Wildman–Crippen LogP) is 6.76. The van der Waals surface area contributed by atoms with Gasteiger partial charge in [0.25, 0.3) is 11.8 Å². The molecule has 0 unspecified atom stereocenters. The summed E-state index contributed by atoms with van der Waals surface area (Å²) < 4.78 is 5.42. The molecule has 9 nitrogen and oxygen atoms in total. The number of rotatable bonds is 7. The van der Waals surface area contributed by atoms with Gasteiger partial charge >= 0.3 is 0 Å². The van der Waals surface area contributed by atoms with E-state index >= 15 is 4.79 Å². The minimum absolute atomic E-state index is 0.117. The topological polar surface area (TPSA) is 116 Å². The van der Waals surface area contributed by atoms with Crippen molar-refractivity contribution < 1.29 is 29.0 Å². The molecule has 3 aromatic rings. The van der Waals surface area contributed by atoms with Gasteiger partial charge in [0.15, 0.2) is 0 Å². The van der Waals surface area contributed by atoms with Crippen LogP contribution in [-0.4, -0.2) is 52.3 Å². The molecule has 4 aliphatic rings. The van der Waals surface area contributed by atoms with Gasteiger partial charge in [0, 0.05) is 28.1 Å². The second-order valence-electron chi connectivity index (χ2n) is 12.7. The van der Waals surface area contributed by atoms with Gasteiger partial charge in [-0.3, -0.25) is 29.5 Å². The number of aromatic hydroxyl groups is 1. The van der Waals surface area contributed by atoms with E-state index in [0.717, 1.165) is 5.01 Å². The number of halogens is 3. The van der Waals surface area contributed by atoms with Crippen LogP contribution in [0, 0.1) is 23.7 Å². The lowest BCUT2D eigenvalue weighted by atomic mass is 9.49. The maximum atomic E-state index is 15.2. The molecule has 2 saturated heterocycles. The summed E-state index contributed by atoms with van der Waals surface area (Å²) in [5.41, 5.74) is 3.22. The number of carbonyl (C=O) groups is 4. The van der Waals surface area contributed by atoms with Crippen LogP contribution >= 0.6 is 34.8 Å². The third kappa shape index (κ3) is 4.73. The Morgan fingerprint density at radius 3 is 2.31 bits per heavy atom. The second kappa shape index (κ2) is 12.1. The lowest BCUT2D eigenvalue weighted by Crippen LogP contribution is -2.53. The molecule has 248 valence electrons. The van der Waals surface area contributed by atoms with Crippen molar-refractivity contribution in [3.8, 4) is 11.5 Å². The number of nitrogens with zero attached hydrogens (tertiary/aromatic N) is 2. The lowest BCUT2D eigenvalue weighted by molar-refractivity contribution is -0.141. The van der Waals surface area contributed by atoms with Gasteiger partial charge in [0.2, 0.25) is 11.8 Å². The number of amides is 4. The van der Waals surface area contributed by atoms with E-state index in [-0.39, 0.29) is 41.1 Å². The van der Waals surface area contributed by atoms with Crippen LogP contribution in [0.3, 0.4) is 0 Å². The van der Waals surface area contributed by atoms with E-state index in [1.807, 2.05) is 13.0 Å². The summed E-state index contributed by atoms with van der Waals surface area (Å²) in [6.45, 7) is 2.22. The Morgan fingerprint density at radius 1 is 0.917 bits per heavy atom. The number of carbonyl (C=O) groups excluding carboxylic acids is 4. The average molecular weight is 709 g/mol. The van der Waals surface area contributed by atoms with Crippen LogP contribution in [0.5, 0.6) is 11.5 Å². The van der Waals surface area contributed by atoms with Crippen molar-refractivity contribution in [3.05, 3.63) is 98.5 Å². The molecular weight excluding hydrogens is 677 g/mol. The molecule has 1 saturated carbocycles. The summed E-state index contributed by atoms with van der Waals surface area (Å²) >= 11 is 19.2. The van der Waals surface area contributed by atoms with Crippen LogP contribution in [0.2, 0.25) is 15.1 Å². The van der Waals surface area contributed by atoms with E-state index in [1.54, 1.807) is 48.5 Å². The maximum absolute atomic E-state index is 15.2. The van der Waals surface area contributed by atoms with Crippen molar-refractivity contribution in [1.29, 1.82) is 0 Å². The van der Waals surface area contributed by atoms with Gasteiger partial charge in [-0.1, -0.05) is 65.5 Å². The van der Waals surface area contributed by atoms with Gasteiger partial charge in [-0.2, -0.15) is 5.01 Å². The summed E-state index contributed by atoms with van der Waals surface area (Å²) in [6, 6.07) is 16.2. The van der Waals surface area contributed by atoms with Crippen molar-refractivity contribution in [3.63, 3.8) is 0 Å². The molecule has 48 heavy (non-hydrogen) atoms. The van der Waals surface area contributed by atoms with Crippen LogP contribution < -0.4 is 10.2 Å². The molecule has 12 heteroatoms. The monoisotopic (exact) mass is 707 g/mol. The number of imide groups is 2. The summed E-state index contributed by atoms with van der Waals surface area (Å²) in [7, 11) is 1.53. The Balaban J connectivity index is 1.47. The molecule has 2 N–H and O–H groups in total. The highest BCUT2D eigenvalue weighted by atomic mass is 35.5. The fraction of sp³-hybridized carbons (Fsp3) is 0.333. The predicted molar refractivity (Wildman–Crippen MR) is 181 cm³/mol. The average Bonchev–Trinajstić information content (AvgIpc) is 3.44. The largest absolute Gasteiger partial charge is 0.508 e. The number of hydrogen-bond acceptors (Lipinski definition) is 7. The lowest BCUT2D eigenvalue weighted by Gasteiger charge is -2.50. The normalized spacial score (nSPS) is 27.9. The first-order chi connectivity index (χ1) is 23.0. The Labute approximate surface area is 292 Å². The van der Waals surface area contributed by atoms with E-state index in [4.69, 9.17) is 39.5 Å². The second-order valence-corrected chi connectivity index (χ2v) is 14.0. The van der Waals surface area contributed by atoms with E-state index in [9.17, 15) is 19.5 Å². The molecule has 0 aromatic heterocycles. The number of hydrogen-bond donors (Lipinski definition) is 2. The third-order valence-electron chi connectivity index (χ3n) is 10.4. The van der Waals surface area contributed by atoms with Crippen molar-refractivity contribution >= 4 is 64.1 Å². The number of allylic oxidation sites excluding steroid dienone is 2. The molecule has 0 spiro atoms. The van der Waals surface area contributed by atoms with Crippen LogP contribution in [-0.2, 0) is 24.6 Å². The molecule has 0 bridgehead atoms. The molecule has 4 amide bonds. The van der Waals surface area contributed by atoms with Gasteiger partial charge in [0.05, 0.1) is 41.0 Å². The summed E-state index contributed by atoms with van der Waals surface area (Å²) in [5.74, 6) is -4.94. The van der Waals surface area contributed by atoms with Gasteiger partial charge in [-0.15, -0.1) is 0 Å². The maximum Gasteiger partial charge on any atom is 0.260 e. The number of hydrazine groups is 1. The van der Waals surface area contributed by atoms with Crippen molar-refractivity contribution in [1.82, 2.24) is 9.91 Å². The molecule has 2 heterocycles. The van der Waals surface area contributed by atoms with Gasteiger partial charge in [0.1, 0.15) is 11.5 Å². The number of anilines is 1. The zero-order valence-electron chi connectivity index (χ0n) is 26.1. The Kier molecular flexibility index (Phi) is 8.21. The first kappa shape index (κ1) is 32.5. The molecule has 6 atom stereocenters. The smallest absolute Gasteiger partial charge is 0.260 e. The standard InChI is InChI=1S/C36H32Cl3N3O6/c1-3-14-41-32(44)23-11-10-22-24(30(23)34(41)46)17-26-33(45)42(40-28-12-6-20(38)16-27(28)39)35(47)36(26,18-4-8-21(48-2)9-5-18)31(22)25-15-19(37)7-13-29(25)43/h4-10,12-13,15-16,23-24,26,30-31,40,43H,3,11,14,17H2,1-2H3/t23-,24+,26-,30-,31+,36+/m0/s1. The minimum atomic E-state index is -1.60. The first-order valence-corrected chi connectivity index (χ1v) is 16.9. The Bertz CT molecular complexity index is 1900. The van der Waals surface area contributed by atoms with Crippen LogP contribution in [0.25, 0.3) is 0 Å². The highest BCUT2D eigenvalue weighted by Gasteiger charge is 2.70. The molecule has 0 radical (unpaired) electrons. The van der Waals surface area contributed by atoms with E-state index in [0.29, 0.717) is 45.5 Å². The van der Waals surface area contributed by atoms with Gasteiger partial charge in [-0.25, -0.2) is 0 Å². The van der Waals surface area contributed by atoms with Crippen LogP contribution in [0.15, 0.2) is 72.3 Å². The SMILES string of the molecule is CCCN1C(=O)[C@H]2[C@H](CC=C3[C@H]2C[C@H]2C(=O)N(Nc4ccc(Cl)cc4Cl)C(=O)[C@@]2(c2ccc(OC)cc2)[C@H]3c2cc(Cl)ccc2O)C1=O. The molecule has 2 aliphatic carbocycles. The first-order valence-electron chi connectivity index (χ1n) is 15.8. The highest BCUT2D eigenvalue weighted by molar-refractivity contribution is 6.36. The van der Waals surface area contributed by atoms with E-state index in [2.05, 4.69) is 5.43 Å². The quantitative estimate of drug-likeness (QED) is 0.206. The van der Waals surface area contributed by atoms with Crippen molar-refractivity contribution in [2.75, 3.05) is 19.1 Å². The third-order valence-corrected chi connectivity index (χ3v) is 11.2. The van der Waals surface area contributed by atoms with Gasteiger partial charge < -0.3 is 9.84 Å². The zero-order valence-corrected chi connectivity index (χ0v) is 28.4. The molecule has 2 aliphatic heterocycles. The van der Waals surface area contributed by atoms with Gasteiger partial charge in [-0.05, 0) is 79.3 Å². The summed E-state index contributed by atoms with van der Waals surface area (Å²) in [4.78, 5) is 58.8. The van der Waals surface area contributed by atoms with Crippen LogP contribution in [0.4, 0.5) is 5.69 Å². The number of methoxy groups -OCH3 is 1. The Hall–Kier alpha value is -4.05. The highest BCUT2D eigenvalue weighted by Crippen LogP contribution is 2.65. The van der Waals surface area contributed by atoms with Crippen molar-refractivity contribution in [2.24, 2.45) is 23.7 Å². The fourth-order valence-electron chi connectivity index (χ4n) is 8.45. The number of fused-ring (bicyclic) bond motifs is 4. The Morgan fingerprint density at radius 2 is 1.62 bits per heavy atom. The number of phenolic OH excluding ortho intramolecular Hbond substituents is 1. The molecule has 7 rings (SSSR count). The van der Waals surface area contributed by atoms with Crippen LogP contribution in [0.1, 0.15) is 43.2 Å². The van der Waals surface area contributed by atoms with E-state index < -0.39 is 46.8 Å². The number of nitrogens with one attached hydrogen (secondary N) is 1. The minimum Gasteiger partial charge on any atom is -0.508 e. The number of ether oxygens (including phenoxy) is 1. The fourth-order valence-corrected chi connectivity index (χ4v) is 9.09. The zero-order chi connectivity index (χ0) is 34.1. The number of benzene rings is 3. The number of phenols is 1.